The van der Waals surface area contributed by atoms with E-state index in [1.54, 1.807) is 0 Å². The molecule has 2 nitrogen and oxygen atoms in total. The summed E-state index contributed by atoms with van der Waals surface area (Å²) in [7, 11) is 4.25. The van der Waals surface area contributed by atoms with Crippen LogP contribution in [0.5, 0.6) is 0 Å². The standard InChI is InChI=1S/C15H24N2/c1-16-10-14-8-3-4-9-15(14)12-17(2)11-13-6-5-7-13/h3-4,8-9,13,16H,5-7,10-12H2,1-2H3. The van der Waals surface area contributed by atoms with Gasteiger partial charge in [0.15, 0.2) is 0 Å². The van der Waals surface area contributed by atoms with Gasteiger partial charge in [0.05, 0.1) is 0 Å². The molecule has 0 saturated heterocycles. The van der Waals surface area contributed by atoms with Gasteiger partial charge in [0.25, 0.3) is 0 Å². The number of nitrogens with one attached hydrogen (secondary N) is 1. The minimum absolute atomic E-state index is 0.955. The van der Waals surface area contributed by atoms with E-state index in [9.17, 15) is 0 Å². The highest BCUT2D eigenvalue weighted by Crippen LogP contribution is 2.27. The van der Waals surface area contributed by atoms with Gasteiger partial charge in [-0.3, -0.25) is 0 Å². The molecule has 0 aliphatic heterocycles. The van der Waals surface area contributed by atoms with Gasteiger partial charge in [0, 0.05) is 19.6 Å². The molecule has 1 aromatic rings. The van der Waals surface area contributed by atoms with E-state index in [1.807, 2.05) is 7.05 Å². The van der Waals surface area contributed by atoms with E-state index in [2.05, 4.69) is 41.5 Å². The van der Waals surface area contributed by atoms with Crippen molar-refractivity contribution >= 4 is 0 Å². The average molecular weight is 232 g/mol. The third kappa shape index (κ3) is 3.55. The van der Waals surface area contributed by atoms with E-state index in [0.29, 0.717) is 0 Å². The van der Waals surface area contributed by atoms with Crippen molar-refractivity contribution < 1.29 is 0 Å². The summed E-state index contributed by atoms with van der Waals surface area (Å²) in [6.45, 7) is 3.30. The van der Waals surface area contributed by atoms with Crippen molar-refractivity contribution in [3.05, 3.63) is 35.4 Å². The summed E-state index contributed by atoms with van der Waals surface area (Å²) in [4.78, 5) is 2.47. The minimum Gasteiger partial charge on any atom is -0.316 e. The first-order valence-electron chi connectivity index (χ1n) is 6.69. The number of hydrogen-bond donors (Lipinski definition) is 1. The van der Waals surface area contributed by atoms with Crippen molar-refractivity contribution in [3.63, 3.8) is 0 Å². The van der Waals surface area contributed by atoms with Crippen molar-refractivity contribution in [2.75, 3.05) is 20.6 Å². The molecule has 1 saturated carbocycles. The molecule has 1 aliphatic rings. The molecule has 17 heavy (non-hydrogen) atoms. The van der Waals surface area contributed by atoms with Crippen molar-refractivity contribution in [1.82, 2.24) is 10.2 Å². The zero-order valence-corrected chi connectivity index (χ0v) is 11.1. The summed E-state index contributed by atoms with van der Waals surface area (Å²) in [5.41, 5.74) is 2.89. The van der Waals surface area contributed by atoms with Gasteiger partial charge < -0.3 is 10.2 Å². The summed E-state index contributed by atoms with van der Waals surface area (Å²) in [5.74, 6) is 0.955. The average Bonchev–Trinajstić information content (AvgIpc) is 2.27. The Bertz CT molecular complexity index is 345. The maximum atomic E-state index is 3.24. The molecule has 0 heterocycles. The van der Waals surface area contributed by atoms with E-state index in [0.717, 1.165) is 19.0 Å². The van der Waals surface area contributed by atoms with Crippen LogP contribution in [-0.2, 0) is 13.1 Å². The van der Waals surface area contributed by atoms with Crippen LogP contribution in [0.15, 0.2) is 24.3 Å². The van der Waals surface area contributed by atoms with E-state index in [-0.39, 0.29) is 0 Å². The molecule has 1 aromatic carbocycles. The van der Waals surface area contributed by atoms with Gasteiger partial charge in [-0.2, -0.15) is 0 Å². The van der Waals surface area contributed by atoms with E-state index in [1.165, 1.54) is 36.9 Å². The molecule has 94 valence electrons. The van der Waals surface area contributed by atoms with Crippen LogP contribution in [0.25, 0.3) is 0 Å². The first-order chi connectivity index (χ1) is 8.29. The van der Waals surface area contributed by atoms with Crippen molar-refractivity contribution in [2.45, 2.75) is 32.4 Å². The molecule has 1 N–H and O–H groups in total. The van der Waals surface area contributed by atoms with Crippen molar-refractivity contribution in [3.8, 4) is 0 Å². The van der Waals surface area contributed by atoms with Crippen LogP contribution >= 0.6 is 0 Å². The van der Waals surface area contributed by atoms with Gasteiger partial charge in [-0.15, -0.1) is 0 Å². The lowest BCUT2D eigenvalue weighted by Gasteiger charge is -2.30. The van der Waals surface area contributed by atoms with Crippen LogP contribution in [-0.4, -0.2) is 25.5 Å². The van der Waals surface area contributed by atoms with Crippen LogP contribution < -0.4 is 5.32 Å². The number of benzene rings is 1. The maximum Gasteiger partial charge on any atom is 0.0234 e. The molecule has 0 aromatic heterocycles. The Morgan fingerprint density at radius 2 is 1.94 bits per heavy atom. The van der Waals surface area contributed by atoms with Crippen LogP contribution in [0, 0.1) is 5.92 Å². The second-order valence-corrected chi connectivity index (χ2v) is 5.29. The normalized spacial score (nSPS) is 16.2. The van der Waals surface area contributed by atoms with E-state index >= 15 is 0 Å². The topological polar surface area (TPSA) is 15.3 Å². The Hall–Kier alpha value is -0.860. The molecular weight excluding hydrogens is 208 g/mol. The number of rotatable bonds is 6. The summed E-state index contributed by atoms with van der Waals surface area (Å²) < 4.78 is 0. The second kappa shape index (κ2) is 6.18. The van der Waals surface area contributed by atoms with Gasteiger partial charge >= 0.3 is 0 Å². The highest BCUT2D eigenvalue weighted by Gasteiger charge is 2.19. The summed E-state index contributed by atoms with van der Waals surface area (Å²) in [5, 5.41) is 3.24. The quantitative estimate of drug-likeness (QED) is 0.811. The minimum atomic E-state index is 0.955. The van der Waals surface area contributed by atoms with Gasteiger partial charge in [-0.1, -0.05) is 30.7 Å². The van der Waals surface area contributed by atoms with Crippen molar-refractivity contribution in [2.24, 2.45) is 5.92 Å². The third-order valence-corrected chi connectivity index (χ3v) is 3.72. The Balaban J connectivity index is 1.91. The fraction of sp³-hybridized carbons (Fsp3) is 0.600. The lowest BCUT2D eigenvalue weighted by Crippen LogP contribution is -2.29. The monoisotopic (exact) mass is 232 g/mol. The lowest BCUT2D eigenvalue weighted by atomic mass is 9.85. The van der Waals surface area contributed by atoms with Gasteiger partial charge in [-0.25, -0.2) is 0 Å². The molecular formula is C15H24N2. The smallest absolute Gasteiger partial charge is 0.0234 e. The first-order valence-corrected chi connectivity index (χ1v) is 6.69. The Morgan fingerprint density at radius 3 is 2.53 bits per heavy atom. The summed E-state index contributed by atoms with van der Waals surface area (Å²) >= 11 is 0. The van der Waals surface area contributed by atoms with Crippen LogP contribution in [0.3, 0.4) is 0 Å². The van der Waals surface area contributed by atoms with E-state index in [4.69, 9.17) is 0 Å². The largest absolute Gasteiger partial charge is 0.316 e. The van der Waals surface area contributed by atoms with Crippen molar-refractivity contribution in [1.29, 1.82) is 0 Å². The van der Waals surface area contributed by atoms with Crippen LogP contribution in [0.1, 0.15) is 30.4 Å². The summed E-state index contributed by atoms with van der Waals surface area (Å²) in [6, 6.07) is 8.75. The first kappa shape index (κ1) is 12.6. The molecule has 1 aliphatic carbocycles. The molecule has 2 rings (SSSR count). The molecule has 0 atom stereocenters. The highest BCUT2D eigenvalue weighted by atomic mass is 15.1. The Kier molecular flexibility index (Phi) is 4.57. The number of hydrogen-bond acceptors (Lipinski definition) is 2. The zero-order chi connectivity index (χ0) is 12.1. The predicted molar refractivity (Wildman–Crippen MR) is 72.9 cm³/mol. The van der Waals surface area contributed by atoms with Gasteiger partial charge in [-0.05, 0) is 44.0 Å². The Morgan fingerprint density at radius 1 is 1.24 bits per heavy atom. The molecule has 0 bridgehead atoms. The maximum absolute atomic E-state index is 3.24. The second-order valence-electron chi connectivity index (χ2n) is 5.29. The fourth-order valence-corrected chi connectivity index (χ4v) is 2.55. The third-order valence-electron chi connectivity index (χ3n) is 3.72. The predicted octanol–water partition coefficient (Wildman–Crippen LogP) is 2.64. The lowest BCUT2D eigenvalue weighted by molar-refractivity contribution is 0.200. The molecule has 1 fully saturated rings. The molecule has 0 amide bonds. The van der Waals surface area contributed by atoms with Crippen LogP contribution in [0.2, 0.25) is 0 Å². The molecule has 2 heteroatoms. The number of nitrogens with zero attached hydrogens (tertiary/aromatic N) is 1. The summed E-state index contributed by atoms with van der Waals surface area (Å²) in [6.07, 6.45) is 4.31. The van der Waals surface area contributed by atoms with Gasteiger partial charge in [0.1, 0.15) is 0 Å². The van der Waals surface area contributed by atoms with Gasteiger partial charge in [0.2, 0.25) is 0 Å². The zero-order valence-electron chi connectivity index (χ0n) is 11.1. The van der Waals surface area contributed by atoms with E-state index < -0.39 is 0 Å². The fourth-order valence-electron chi connectivity index (χ4n) is 2.55. The highest BCUT2D eigenvalue weighted by molar-refractivity contribution is 5.26. The molecule has 0 radical (unpaired) electrons. The molecule has 0 spiro atoms. The SMILES string of the molecule is CNCc1ccccc1CN(C)CC1CCC1. The van der Waals surface area contributed by atoms with Crippen LogP contribution in [0.4, 0.5) is 0 Å². The Labute approximate surface area is 105 Å². The molecule has 0 unspecified atom stereocenters.